The zero-order valence-electron chi connectivity index (χ0n) is 8.04. The molecule has 1 saturated heterocycles. The molecule has 0 spiro atoms. The molecule has 1 aliphatic heterocycles. The largest absolute Gasteiger partial charge is 0.492 e. The van der Waals surface area contributed by atoms with E-state index < -0.39 is 0 Å². The van der Waals surface area contributed by atoms with Crippen LogP contribution in [0.3, 0.4) is 0 Å². The monoisotopic (exact) mass is 194 g/mol. The van der Waals surface area contributed by atoms with Crippen molar-refractivity contribution in [1.29, 1.82) is 0 Å². The van der Waals surface area contributed by atoms with Gasteiger partial charge in [0.15, 0.2) is 0 Å². The normalized spacial score (nSPS) is 20.0. The van der Waals surface area contributed by atoms with Crippen molar-refractivity contribution < 1.29 is 4.74 Å². The number of benzene rings is 1. The number of thioether (sulfide) groups is 1. The van der Waals surface area contributed by atoms with Gasteiger partial charge in [-0.1, -0.05) is 12.1 Å². The van der Waals surface area contributed by atoms with Crippen molar-refractivity contribution >= 4 is 11.8 Å². The molecule has 1 heterocycles. The third-order valence-corrected chi connectivity index (χ3v) is 3.32. The standard InChI is InChI=1S/C11H14OS/c1-8-4-3-5-11(9(8)2)12-6-10-7-13-10/h3-5,10H,6-7H2,1-2H3. The lowest BCUT2D eigenvalue weighted by Gasteiger charge is -2.09. The van der Waals surface area contributed by atoms with Gasteiger partial charge in [0.05, 0.1) is 0 Å². The number of rotatable bonds is 3. The summed E-state index contributed by atoms with van der Waals surface area (Å²) in [7, 11) is 0. The van der Waals surface area contributed by atoms with E-state index in [-0.39, 0.29) is 0 Å². The van der Waals surface area contributed by atoms with Gasteiger partial charge in [0.2, 0.25) is 0 Å². The predicted octanol–water partition coefficient (Wildman–Crippen LogP) is 2.80. The minimum absolute atomic E-state index is 0.750. The van der Waals surface area contributed by atoms with Crippen molar-refractivity contribution in [2.24, 2.45) is 0 Å². The van der Waals surface area contributed by atoms with Gasteiger partial charge in [-0.3, -0.25) is 0 Å². The molecule has 0 aliphatic carbocycles. The first-order valence-electron chi connectivity index (χ1n) is 4.58. The first kappa shape index (κ1) is 8.95. The maximum atomic E-state index is 5.72. The predicted molar refractivity (Wildman–Crippen MR) is 57.7 cm³/mol. The van der Waals surface area contributed by atoms with Crippen LogP contribution in [0.5, 0.6) is 5.75 Å². The minimum Gasteiger partial charge on any atom is -0.492 e. The van der Waals surface area contributed by atoms with Crippen LogP contribution in [0.15, 0.2) is 18.2 Å². The van der Waals surface area contributed by atoms with Crippen LogP contribution in [0.25, 0.3) is 0 Å². The van der Waals surface area contributed by atoms with Crippen molar-refractivity contribution in [3.63, 3.8) is 0 Å². The van der Waals surface area contributed by atoms with Crippen molar-refractivity contribution in [3.05, 3.63) is 29.3 Å². The highest BCUT2D eigenvalue weighted by molar-refractivity contribution is 8.06. The van der Waals surface area contributed by atoms with Crippen LogP contribution >= 0.6 is 11.8 Å². The molecule has 2 heteroatoms. The van der Waals surface area contributed by atoms with Crippen molar-refractivity contribution in [2.45, 2.75) is 19.1 Å². The summed E-state index contributed by atoms with van der Waals surface area (Å²) in [5.74, 6) is 2.32. The summed E-state index contributed by atoms with van der Waals surface area (Å²) in [6.45, 7) is 5.10. The van der Waals surface area contributed by atoms with E-state index in [4.69, 9.17) is 4.74 Å². The zero-order chi connectivity index (χ0) is 9.26. The fraction of sp³-hybridized carbons (Fsp3) is 0.455. The first-order valence-corrected chi connectivity index (χ1v) is 5.63. The number of ether oxygens (including phenoxy) is 1. The van der Waals surface area contributed by atoms with E-state index in [9.17, 15) is 0 Å². The summed E-state index contributed by atoms with van der Waals surface area (Å²) in [4.78, 5) is 0. The molecule has 0 bridgehead atoms. The molecule has 1 aromatic rings. The van der Waals surface area contributed by atoms with Gasteiger partial charge < -0.3 is 4.74 Å². The highest BCUT2D eigenvalue weighted by Crippen LogP contribution is 2.31. The van der Waals surface area contributed by atoms with Crippen LogP contribution in [0.1, 0.15) is 11.1 Å². The molecule has 1 aromatic carbocycles. The lowest BCUT2D eigenvalue weighted by atomic mass is 10.1. The van der Waals surface area contributed by atoms with E-state index in [0.29, 0.717) is 0 Å². The second-order valence-corrected chi connectivity index (χ2v) is 4.80. The summed E-state index contributed by atoms with van der Waals surface area (Å²) in [6, 6.07) is 6.22. The summed E-state index contributed by atoms with van der Waals surface area (Å²) in [5.41, 5.74) is 2.58. The van der Waals surface area contributed by atoms with E-state index in [2.05, 4.69) is 32.0 Å². The molecule has 1 aliphatic rings. The summed E-state index contributed by atoms with van der Waals surface area (Å²) in [5, 5.41) is 0.750. The summed E-state index contributed by atoms with van der Waals surface area (Å²) in [6.07, 6.45) is 0. The van der Waals surface area contributed by atoms with Gasteiger partial charge >= 0.3 is 0 Å². The fourth-order valence-corrected chi connectivity index (χ4v) is 1.62. The van der Waals surface area contributed by atoms with Gasteiger partial charge in [-0.05, 0) is 31.0 Å². The lowest BCUT2D eigenvalue weighted by Crippen LogP contribution is -2.04. The van der Waals surface area contributed by atoms with Gasteiger partial charge in [-0.2, -0.15) is 11.8 Å². The molecule has 0 aromatic heterocycles. The Morgan fingerprint density at radius 2 is 2.23 bits per heavy atom. The Bertz CT molecular complexity index is 305. The summed E-state index contributed by atoms with van der Waals surface area (Å²) < 4.78 is 5.72. The topological polar surface area (TPSA) is 9.23 Å². The quantitative estimate of drug-likeness (QED) is 0.684. The second kappa shape index (κ2) is 3.62. The Labute approximate surface area is 83.5 Å². The molecule has 1 fully saturated rings. The Hall–Kier alpha value is -0.630. The average molecular weight is 194 g/mol. The van der Waals surface area contributed by atoms with Crippen LogP contribution in [-0.2, 0) is 0 Å². The third-order valence-electron chi connectivity index (χ3n) is 2.38. The van der Waals surface area contributed by atoms with Crippen LogP contribution in [-0.4, -0.2) is 17.6 Å². The van der Waals surface area contributed by atoms with Gasteiger partial charge in [0, 0.05) is 11.0 Å². The molecule has 1 atom stereocenters. The highest BCUT2D eigenvalue weighted by Gasteiger charge is 2.23. The number of hydrogen-bond acceptors (Lipinski definition) is 2. The Morgan fingerprint density at radius 1 is 1.46 bits per heavy atom. The number of hydrogen-bond donors (Lipinski definition) is 0. The van der Waals surface area contributed by atoms with Gasteiger partial charge in [0.25, 0.3) is 0 Å². The molecule has 1 unspecified atom stereocenters. The van der Waals surface area contributed by atoms with Crippen molar-refractivity contribution in [3.8, 4) is 5.75 Å². The van der Waals surface area contributed by atoms with Crippen molar-refractivity contribution in [1.82, 2.24) is 0 Å². The summed E-state index contributed by atoms with van der Waals surface area (Å²) >= 11 is 1.97. The van der Waals surface area contributed by atoms with E-state index >= 15 is 0 Å². The maximum absolute atomic E-state index is 5.72. The molecule has 0 amide bonds. The molecule has 0 saturated carbocycles. The van der Waals surface area contributed by atoms with Crippen LogP contribution in [0, 0.1) is 13.8 Å². The molecule has 70 valence electrons. The first-order chi connectivity index (χ1) is 6.27. The molecular weight excluding hydrogens is 180 g/mol. The fourth-order valence-electron chi connectivity index (χ4n) is 1.23. The Balaban J connectivity index is 2.05. The second-order valence-electron chi connectivity index (χ2n) is 3.46. The van der Waals surface area contributed by atoms with Crippen LogP contribution in [0.4, 0.5) is 0 Å². The maximum Gasteiger partial charge on any atom is 0.122 e. The van der Waals surface area contributed by atoms with E-state index in [1.807, 2.05) is 11.8 Å². The molecule has 0 N–H and O–H groups in total. The lowest BCUT2D eigenvalue weighted by molar-refractivity contribution is 0.327. The van der Waals surface area contributed by atoms with Crippen LogP contribution < -0.4 is 4.74 Å². The third kappa shape index (κ3) is 2.19. The van der Waals surface area contributed by atoms with E-state index in [0.717, 1.165) is 17.6 Å². The Kier molecular flexibility index (Phi) is 2.49. The average Bonchev–Trinajstić information content (AvgIpc) is 2.91. The highest BCUT2D eigenvalue weighted by atomic mass is 32.2. The zero-order valence-corrected chi connectivity index (χ0v) is 8.86. The van der Waals surface area contributed by atoms with E-state index in [1.165, 1.54) is 16.9 Å². The van der Waals surface area contributed by atoms with Gasteiger partial charge in [-0.25, -0.2) is 0 Å². The van der Waals surface area contributed by atoms with Crippen molar-refractivity contribution in [2.75, 3.05) is 12.4 Å². The minimum atomic E-state index is 0.750. The molecule has 1 nitrogen and oxygen atoms in total. The number of aryl methyl sites for hydroxylation is 1. The molecule has 0 radical (unpaired) electrons. The Morgan fingerprint density at radius 3 is 2.92 bits per heavy atom. The SMILES string of the molecule is Cc1cccc(OCC2CS2)c1C. The molecule has 2 rings (SSSR count). The molecule has 13 heavy (non-hydrogen) atoms. The van der Waals surface area contributed by atoms with Crippen LogP contribution in [0.2, 0.25) is 0 Å². The van der Waals surface area contributed by atoms with Gasteiger partial charge in [0.1, 0.15) is 12.4 Å². The van der Waals surface area contributed by atoms with Gasteiger partial charge in [-0.15, -0.1) is 0 Å². The molecular formula is C11H14OS. The smallest absolute Gasteiger partial charge is 0.122 e. The van der Waals surface area contributed by atoms with E-state index in [1.54, 1.807) is 0 Å².